The van der Waals surface area contributed by atoms with Crippen LogP contribution in [0.1, 0.15) is 50.8 Å². The summed E-state index contributed by atoms with van der Waals surface area (Å²) in [7, 11) is 0. The minimum Gasteiger partial charge on any atom is -0.366 e. The molecule has 2 aliphatic heterocycles. The number of hydrogen-bond acceptors (Lipinski definition) is 4. The first-order valence-electron chi connectivity index (χ1n) is 10.8. The average molecular weight is 409 g/mol. The van der Waals surface area contributed by atoms with Crippen molar-refractivity contribution in [1.82, 2.24) is 19.6 Å². The summed E-state index contributed by atoms with van der Waals surface area (Å²) in [5, 5.41) is 3.17. The summed E-state index contributed by atoms with van der Waals surface area (Å²) in [5.41, 5.74) is 2.09. The number of aryl methyl sites for hydroxylation is 1. The van der Waals surface area contributed by atoms with Crippen LogP contribution in [0, 0.1) is 0 Å². The Morgan fingerprint density at radius 2 is 1.63 bits per heavy atom. The van der Waals surface area contributed by atoms with Crippen molar-refractivity contribution < 1.29 is 9.59 Å². The normalized spacial score (nSPS) is 17.4. The highest BCUT2D eigenvalue weighted by molar-refractivity contribution is 6.35. The maximum absolute atomic E-state index is 13.5. The zero-order chi connectivity index (χ0) is 21.3. The Balaban J connectivity index is 1.92. The Bertz CT molecular complexity index is 1040. The molecule has 158 valence electrons. The first-order valence-corrected chi connectivity index (χ1v) is 10.8. The molecular weight excluding hydrogens is 380 g/mol. The van der Waals surface area contributed by atoms with Crippen molar-refractivity contribution in [1.29, 1.82) is 0 Å². The lowest BCUT2D eigenvalue weighted by Gasteiger charge is -2.29. The molecule has 4 rings (SSSR count). The van der Waals surface area contributed by atoms with Crippen molar-refractivity contribution in [3.05, 3.63) is 57.6 Å². The number of hydrogen-bond donors (Lipinski definition) is 1. The van der Waals surface area contributed by atoms with Crippen LogP contribution in [0.4, 0.5) is 0 Å². The molecule has 1 saturated heterocycles. The van der Waals surface area contributed by atoms with Crippen LogP contribution in [-0.2, 0) is 16.0 Å². The maximum Gasteiger partial charge on any atom is 0.279 e. The van der Waals surface area contributed by atoms with E-state index < -0.39 is 0 Å². The van der Waals surface area contributed by atoms with Crippen molar-refractivity contribution in [3.8, 4) is 5.69 Å². The summed E-state index contributed by atoms with van der Waals surface area (Å²) in [6, 6.07) is 9.29. The van der Waals surface area contributed by atoms with E-state index in [2.05, 4.69) is 5.10 Å². The molecule has 0 radical (unpaired) electrons. The molecule has 0 spiro atoms. The third-order valence-corrected chi connectivity index (χ3v) is 5.85. The van der Waals surface area contributed by atoms with Gasteiger partial charge in [-0.3, -0.25) is 24.4 Å². The number of aromatic amines is 1. The van der Waals surface area contributed by atoms with Gasteiger partial charge in [-0.15, -0.1) is 0 Å². The molecule has 7 nitrogen and oxygen atoms in total. The fourth-order valence-electron chi connectivity index (χ4n) is 4.38. The van der Waals surface area contributed by atoms with Gasteiger partial charge in [-0.1, -0.05) is 32.0 Å². The number of aromatic nitrogens is 2. The minimum atomic E-state index is -0.353. The highest BCUT2D eigenvalue weighted by atomic mass is 16.2. The smallest absolute Gasteiger partial charge is 0.279 e. The van der Waals surface area contributed by atoms with Crippen molar-refractivity contribution >= 4 is 17.4 Å². The van der Waals surface area contributed by atoms with Gasteiger partial charge in [-0.2, -0.15) is 0 Å². The van der Waals surface area contributed by atoms with E-state index in [0.717, 1.165) is 32.4 Å². The molecule has 0 atom stereocenters. The fourth-order valence-corrected chi connectivity index (χ4v) is 4.38. The van der Waals surface area contributed by atoms with E-state index in [1.165, 1.54) is 9.58 Å². The van der Waals surface area contributed by atoms with Gasteiger partial charge < -0.3 is 4.90 Å². The van der Waals surface area contributed by atoms with E-state index in [1.807, 2.05) is 49.1 Å². The lowest BCUT2D eigenvalue weighted by atomic mass is 10.0. The summed E-state index contributed by atoms with van der Waals surface area (Å²) >= 11 is 0. The number of carbonyl (C=O) groups is 2. The molecule has 3 heterocycles. The number of rotatable bonds is 6. The summed E-state index contributed by atoms with van der Waals surface area (Å²) in [5.74, 6) is -0.624. The number of imide groups is 1. The molecule has 1 aromatic heterocycles. The number of benzene rings is 1. The predicted molar refractivity (Wildman–Crippen MR) is 115 cm³/mol. The van der Waals surface area contributed by atoms with Crippen LogP contribution in [-0.4, -0.2) is 51.0 Å². The van der Waals surface area contributed by atoms with Crippen molar-refractivity contribution in [3.63, 3.8) is 0 Å². The number of nitrogens with one attached hydrogen (secondary N) is 1. The standard InChI is InChI=1S/C23H28N4O3/c1-3-13-26-21(28)19(20(23(26)30)25-14-9-6-10-15-25)18-17(4-2)24-27(22(18)29)16-11-7-5-8-12-16/h5,7-8,11-12,24H,3-4,6,9-10,13-15H2,1-2H3. The molecular formula is C23H28N4O3. The zero-order valence-electron chi connectivity index (χ0n) is 17.6. The molecule has 1 aromatic carbocycles. The summed E-state index contributed by atoms with van der Waals surface area (Å²) in [4.78, 5) is 43.4. The van der Waals surface area contributed by atoms with Crippen LogP contribution in [0.5, 0.6) is 0 Å². The third kappa shape index (κ3) is 3.28. The van der Waals surface area contributed by atoms with E-state index in [0.29, 0.717) is 42.0 Å². The molecule has 1 fully saturated rings. The van der Waals surface area contributed by atoms with Crippen LogP contribution in [0.3, 0.4) is 0 Å². The Hall–Kier alpha value is -3.09. The van der Waals surface area contributed by atoms with Crippen LogP contribution < -0.4 is 5.56 Å². The first kappa shape index (κ1) is 20.2. The minimum absolute atomic E-state index is 0.267. The van der Waals surface area contributed by atoms with Gasteiger partial charge >= 0.3 is 0 Å². The van der Waals surface area contributed by atoms with Crippen LogP contribution >= 0.6 is 0 Å². The SMILES string of the molecule is CCCN1C(=O)C(c2c(CC)[nH]n(-c3ccccc3)c2=O)=C(N2CCCCC2)C1=O. The number of likely N-dealkylation sites (tertiary alicyclic amines) is 1. The van der Waals surface area contributed by atoms with Gasteiger partial charge in [0.1, 0.15) is 5.70 Å². The fraction of sp³-hybridized carbons (Fsp3) is 0.435. The molecule has 7 heteroatoms. The molecule has 0 unspecified atom stereocenters. The summed E-state index contributed by atoms with van der Waals surface area (Å²) in [6.45, 7) is 5.70. The van der Waals surface area contributed by atoms with E-state index in [9.17, 15) is 14.4 Å². The van der Waals surface area contributed by atoms with Crippen LogP contribution in [0.2, 0.25) is 0 Å². The van der Waals surface area contributed by atoms with Gasteiger partial charge in [0.25, 0.3) is 17.4 Å². The quantitative estimate of drug-likeness (QED) is 0.746. The number of piperidine rings is 1. The topological polar surface area (TPSA) is 78.4 Å². The Kier molecular flexibility index (Phi) is 5.61. The van der Waals surface area contributed by atoms with Gasteiger partial charge in [-0.05, 0) is 44.2 Å². The number of H-pyrrole nitrogens is 1. The number of carbonyl (C=O) groups excluding carboxylic acids is 2. The zero-order valence-corrected chi connectivity index (χ0v) is 17.6. The molecule has 30 heavy (non-hydrogen) atoms. The maximum atomic E-state index is 13.5. The van der Waals surface area contributed by atoms with Crippen molar-refractivity contribution in [2.24, 2.45) is 0 Å². The highest BCUT2D eigenvalue weighted by Crippen LogP contribution is 2.33. The second-order valence-corrected chi connectivity index (χ2v) is 7.83. The Morgan fingerprint density at radius 3 is 2.27 bits per heavy atom. The summed E-state index contributed by atoms with van der Waals surface area (Å²) in [6.07, 6.45) is 4.31. The second kappa shape index (κ2) is 8.34. The predicted octanol–water partition coefficient (Wildman–Crippen LogP) is 2.70. The Morgan fingerprint density at radius 1 is 0.933 bits per heavy atom. The number of para-hydroxylation sites is 1. The first-order chi connectivity index (χ1) is 14.6. The number of nitrogens with zero attached hydrogens (tertiary/aromatic N) is 3. The van der Waals surface area contributed by atoms with Crippen molar-refractivity contribution in [2.75, 3.05) is 19.6 Å². The number of amides is 2. The molecule has 0 saturated carbocycles. The van der Waals surface area contributed by atoms with Gasteiger partial charge in [0, 0.05) is 25.3 Å². The lowest BCUT2D eigenvalue weighted by molar-refractivity contribution is -0.137. The lowest BCUT2D eigenvalue weighted by Crippen LogP contribution is -2.37. The summed E-state index contributed by atoms with van der Waals surface area (Å²) < 4.78 is 1.47. The van der Waals surface area contributed by atoms with E-state index in [-0.39, 0.29) is 22.9 Å². The second-order valence-electron chi connectivity index (χ2n) is 7.83. The van der Waals surface area contributed by atoms with Crippen LogP contribution in [0.15, 0.2) is 40.8 Å². The van der Waals surface area contributed by atoms with Gasteiger partial charge in [0.15, 0.2) is 0 Å². The molecule has 1 N–H and O–H groups in total. The molecule has 2 amide bonds. The average Bonchev–Trinajstić information content (AvgIpc) is 3.23. The van der Waals surface area contributed by atoms with Crippen molar-refractivity contribution in [2.45, 2.75) is 46.0 Å². The van der Waals surface area contributed by atoms with E-state index >= 15 is 0 Å². The third-order valence-electron chi connectivity index (χ3n) is 5.85. The van der Waals surface area contributed by atoms with Gasteiger partial charge in [0.05, 0.1) is 16.8 Å². The van der Waals surface area contributed by atoms with E-state index in [4.69, 9.17) is 0 Å². The molecule has 2 aliphatic rings. The monoisotopic (exact) mass is 408 g/mol. The highest BCUT2D eigenvalue weighted by Gasteiger charge is 2.43. The Labute approximate surface area is 176 Å². The van der Waals surface area contributed by atoms with E-state index in [1.54, 1.807) is 0 Å². The molecule has 0 aliphatic carbocycles. The molecule has 0 bridgehead atoms. The molecule has 2 aromatic rings. The van der Waals surface area contributed by atoms with Gasteiger partial charge in [-0.25, -0.2) is 4.68 Å². The van der Waals surface area contributed by atoms with Gasteiger partial charge in [0.2, 0.25) is 0 Å². The largest absolute Gasteiger partial charge is 0.366 e. The van der Waals surface area contributed by atoms with Crippen LogP contribution in [0.25, 0.3) is 11.3 Å².